The van der Waals surface area contributed by atoms with E-state index in [0.717, 1.165) is 22.2 Å². The van der Waals surface area contributed by atoms with Crippen molar-refractivity contribution < 1.29 is 9.53 Å². The van der Waals surface area contributed by atoms with Crippen LogP contribution in [-0.2, 0) is 11.3 Å². The molecule has 0 saturated carbocycles. The molecule has 0 radical (unpaired) electrons. The lowest BCUT2D eigenvalue weighted by molar-refractivity contribution is 0.143. The predicted molar refractivity (Wildman–Crippen MR) is 104 cm³/mol. The lowest BCUT2D eigenvalue weighted by atomic mass is 10.1. The van der Waals surface area contributed by atoms with Gasteiger partial charge < -0.3 is 15.0 Å². The highest BCUT2D eigenvalue weighted by Crippen LogP contribution is 2.29. The Bertz CT molecular complexity index is 1110. The Morgan fingerprint density at radius 2 is 2.11 bits per heavy atom. The number of anilines is 2. The molecule has 8 heteroatoms. The zero-order chi connectivity index (χ0) is 19.1. The average molecular weight is 385 g/mol. The molecule has 0 bridgehead atoms. The van der Waals surface area contributed by atoms with Crippen molar-refractivity contribution in [1.29, 1.82) is 0 Å². The fraction of sp³-hybridized carbons (Fsp3) is 0.211. The summed E-state index contributed by atoms with van der Waals surface area (Å²) in [6.45, 7) is 2.08. The number of halogens is 1. The zero-order valence-corrected chi connectivity index (χ0v) is 15.5. The third-order valence-corrected chi connectivity index (χ3v) is 4.85. The summed E-state index contributed by atoms with van der Waals surface area (Å²) < 4.78 is 5.04. The summed E-state index contributed by atoms with van der Waals surface area (Å²) in [6, 6.07) is 8.61. The molecule has 1 amide bonds. The van der Waals surface area contributed by atoms with Crippen LogP contribution in [0.5, 0.6) is 0 Å². The van der Waals surface area contributed by atoms with Gasteiger partial charge in [0, 0.05) is 46.4 Å². The molecule has 2 aromatic heterocycles. The van der Waals surface area contributed by atoms with E-state index in [1.54, 1.807) is 37.5 Å². The lowest BCUT2D eigenvalue weighted by Gasteiger charge is -2.26. The fourth-order valence-corrected chi connectivity index (χ4v) is 3.31. The minimum Gasteiger partial charge on any atom is -0.444 e. The Morgan fingerprint density at radius 3 is 2.93 bits per heavy atom. The highest BCUT2D eigenvalue weighted by atomic mass is 35.5. The molecule has 138 valence electrons. The molecule has 0 saturated heterocycles. The molecule has 2 N–H and O–H groups in total. The number of cyclic esters (lactones) is 1. The summed E-state index contributed by atoms with van der Waals surface area (Å²) >= 11 is 6.05. The predicted octanol–water partition coefficient (Wildman–Crippen LogP) is 3.84. The highest BCUT2D eigenvalue weighted by Gasteiger charge is 2.23. The first-order valence-electron chi connectivity index (χ1n) is 8.41. The number of fused-ring (bicyclic) bond motifs is 2. The van der Waals surface area contributed by atoms with Gasteiger partial charge in [-0.1, -0.05) is 11.6 Å². The van der Waals surface area contributed by atoms with E-state index in [1.807, 2.05) is 13.0 Å². The van der Waals surface area contributed by atoms with E-state index in [9.17, 15) is 9.59 Å². The van der Waals surface area contributed by atoms with Crippen molar-refractivity contribution in [2.75, 3.05) is 17.3 Å². The molecule has 3 aromatic rings. The molecule has 0 fully saturated rings. The number of pyridine rings is 2. The van der Waals surface area contributed by atoms with Crippen molar-refractivity contribution in [3.63, 3.8) is 0 Å². The Labute approximate surface area is 159 Å². The van der Waals surface area contributed by atoms with E-state index in [2.05, 4.69) is 15.3 Å². The second-order valence-corrected chi connectivity index (χ2v) is 6.90. The molecular weight excluding hydrogens is 368 g/mol. The molecule has 0 spiro atoms. The van der Waals surface area contributed by atoms with E-state index in [4.69, 9.17) is 16.3 Å². The van der Waals surface area contributed by atoms with Crippen LogP contribution in [0.25, 0.3) is 10.9 Å². The summed E-state index contributed by atoms with van der Waals surface area (Å²) in [5.41, 5.74) is 2.68. The molecule has 3 heterocycles. The standard InChI is InChI=1S/C19H17ClN4O3/c1-10(14-6-11-5-13(20)3-4-15(11)23-18(14)25)22-17-7-16-12(8-21-17)9-27-19(26)24(16)2/h3-8,10H,9H2,1-2H3,(H,21,22)(H,23,25)/t10-/m0/s1. The van der Waals surface area contributed by atoms with E-state index >= 15 is 0 Å². The maximum atomic E-state index is 12.5. The van der Waals surface area contributed by atoms with Gasteiger partial charge >= 0.3 is 6.09 Å². The molecule has 1 atom stereocenters. The van der Waals surface area contributed by atoms with E-state index in [-0.39, 0.29) is 18.2 Å². The van der Waals surface area contributed by atoms with Crippen molar-refractivity contribution >= 4 is 40.1 Å². The maximum absolute atomic E-state index is 12.5. The Morgan fingerprint density at radius 1 is 1.30 bits per heavy atom. The number of aromatic nitrogens is 2. The van der Waals surface area contributed by atoms with Gasteiger partial charge in [-0.2, -0.15) is 0 Å². The summed E-state index contributed by atoms with van der Waals surface area (Å²) in [5, 5.41) is 4.68. The largest absolute Gasteiger partial charge is 0.444 e. The SMILES string of the molecule is C[C@H](Nc1cc2c(cn1)COC(=O)N2C)c1cc2cc(Cl)ccc2[nH]c1=O. The van der Waals surface area contributed by atoms with Gasteiger partial charge in [0.05, 0.1) is 11.7 Å². The third-order valence-electron chi connectivity index (χ3n) is 4.61. The Balaban J connectivity index is 1.65. The van der Waals surface area contributed by atoms with E-state index in [1.165, 1.54) is 4.90 Å². The first-order valence-corrected chi connectivity index (χ1v) is 8.78. The first kappa shape index (κ1) is 17.4. The Hall–Kier alpha value is -3.06. The van der Waals surface area contributed by atoms with Gasteiger partial charge in [-0.25, -0.2) is 9.78 Å². The molecule has 1 aromatic carbocycles. The van der Waals surface area contributed by atoms with Gasteiger partial charge in [0.25, 0.3) is 5.56 Å². The molecular formula is C19H17ClN4O3. The normalized spacial score (nSPS) is 14.6. The average Bonchev–Trinajstić information content (AvgIpc) is 2.65. The lowest BCUT2D eigenvalue weighted by Crippen LogP contribution is -2.32. The van der Waals surface area contributed by atoms with E-state index in [0.29, 0.717) is 16.4 Å². The smallest absolute Gasteiger partial charge is 0.414 e. The topological polar surface area (TPSA) is 87.3 Å². The molecule has 1 aliphatic rings. The van der Waals surface area contributed by atoms with Crippen molar-refractivity contribution in [2.45, 2.75) is 19.6 Å². The van der Waals surface area contributed by atoms with Crippen molar-refractivity contribution in [1.82, 2.24) is 9.97 Å². The number of rotatable bonds is 3. The molecule has 0 unspecified atom stereocenters. The van der Waals surface area contributed by atoms with Crippen LogP contribution in [0.15, 0.2) is 41.3 Å². The summed E-state index contributed by atoms with van der Waals surface area (Å²) in [7, 11) is 1.64. The number of carbonyl (C=O) groups excluding carboxylic acids is 1. The number of ether oxygens (including phenoxy) is 1. The van der Waals surface area contributed by atoms with Crippen molar-refractivity contribution in [3.8, 4) is 0 Å². The Kier molecular flexibility index (Phi) is 4.24. The van der Waals surface area contributed by atoms with Crippen LogP contribution >= 0.6 is 11.6 Å². The van der Waals surface area contributed by atoms with Gasteiger partial charge in [-0.3, -0.25) is 9.69 Å². The van der Waals surface area contributed by atoms with Crippen LogP contribution in [0.4, 0.5) is 16.3 Å². The van der Waals surface area contributed by atoms with Crippen molar-refractivity contribution in [2.24, 2.45) is 0 Å². The maximum Gasteiger partial charge on any atom is 0.414 e. The summed E-state index contributed by atoms with van der Waals surface area (Å²) in [4.78, 5) is 32.8. The van der Waals surface area contributed by atoms with Crippen LogP contribution < -0.4 is 15.8 Å². The molecule has 1 aliphatic heterocycles. The number of carbonyl (C=O) groups is 1. The fourth-order valence-electron chi connectivity index (χ4n) is 3.13. The molecule has 4 rings (SSSR count). The van der Waals surface area contributed by atoms with Gasteiger partial charge in [0.1, 0.15) is 12.4 Å². The van der Waals surface area contributed by atoms with Gasteiger partial charge in [-0.15, -0.1) is 0 Å². The second kappa shape index (κ2) is 6.59. The quantitative estimate of drug-likeness (QED) is 0.716. The number of nitrogens with one attached hydrogen (secondary N) is 2. The minimum absolute atomic E-state index is 0.177. The number of benzene rings is 1. The van der Waals surface area contributed by atoms with Crippen LogP contribution in [0.1, 0.15) is 24.1 Å². The second-order valence-electron chi connectivity index (χ2n) is 6.46. The van der Waals surface area contributed by atoms with Crippen molar-refractivity contribution in [3.05, 3.63) is 63.0 Å². The van der Waals surface area contributed by atoms with Gasteiger partial charge in [-0.05, 0) is 31.2 Å². The number of hydrogen-bond donors (Lipinski definition) is 2. The molecule has 27 heavy (non-hydrogen) atoms. The monoisotopic (exact) mass is 384 g/mol. The third kappa shape index (κ3) is 3.21. The van der Waals surface area contributed by atoms with Crippen LogP contribution in [0.3, 0.4) is 0 Å². The van der Waals surface area contributed by atoms with E-state index < -0.39 is 6.09 Å². The number of nitrogens with zero attached hydrogens (tertiary/aromatic N) is 2. The number of hydrogen-bond acceptors (Lipinski definition) is 5. The number of aromatic amines is 1. The molecule has 0 aliphatic carbocycles. The number of amides is 1. The summed E-state index contributed by atoms with van der Waals surface area (Å²) in [5.74, 6) is 0.563. The first-order chi connectivity index (χ1) is 12.9. The number of H-pyrrole nitrogens is 1. The van der Waals surface area contributed by atoms with Gasteiger partial charge in [0.2, 0.25) is 0 Å². The van der Waals surface area contributed by atoms with Crippen LogP contribution in [-0.4, -0.2) is 23.1 Å². The highest BCUT2D eigenvalue weighted by molar-refractivity contribution is 6.31. The molecule has 7 nitrogen and oxygen atoms in total. The summed E-state index contributed by atoms with van der Waals surface area (Å²) in [6.07, 6.45) is 1.26. The minimum atomic E-state index is -0.407. The van der Waals surface area contributed by atoms with Crippen LogP contribution in [0, 0.1) is 0 Å². The van der Waals surface area contributed by atoms with Crippen LogP contribution in [0.2, 0.25) is 5.02 Å². The zero-order valence-electron chi connectivity index (χ0n) is 14.7. The van der Waals surface area contributed by atoms with Gasteiger partial charge in [0.15, 0.2) is 0 Å².